The van der Waals surface area contributed by atoms with Gasteiger partial charge in [0.05, 0.1) is 19.1 Å². The Morgan fingerprint density at radius 3 is 2.38 bits per heavy atom. The van der Waals surface area contributed by atoms with Gasteiger partial charge in [0.25, 0.3) is 0 Å². The molecule has 0 aromatic heterocycles. The highest BCUT2D eigenvalue weighted by molar-refractivity contribution is 5.78. The molecule has 2 rings (SSSR count). The Kier molecular flexibility index (Phi) is 8.23. The van der Waals surface area contributed by atoms with Crippen molar-refractivity contribution < 1.29 is 24.2 Å². The number of hydrogen-bond donors (Lipinski definition) is 1. The number of aliphatic hydroxyl groups is 1. The van der Waals surface area contributed by atoms with E-state index in [9.17, 15) is 14.7 Å². The molecule has 0 spiro atoms. The van der Waals surface area contributed by atoms with Gasteiger partial charge in [-0.3, -0.25) is 14.5 Å². The fourth-order valence-electron chi connectivity index (χ4n) is 4.01. The maximum Gasteiger partial charge on any atom is 0.323 e. The van der Waals surface area contributed by atoms with Crippen LogP contribution in [0.15, 0.2) is 30.3 Å². The molecule has 6 nitrogen and oxygen atoms in total. The zero-order valence-corrected chi connectivity index (χ0v) is 18.3. The summed E-state index contributed by atoms with van der Waals surface area (Å²) < 4.78 is 10.7. The van der Waals surface area contributed by atoms with Crippen molar-refractivity contribution in [3.05, 3.63) is 35.9 Å². The topological polar surface area (TPSA) is 76.1 Å². The van der Waals surface area contributed by atoms with Gasteiger partial charge in [0.1, 0.15) is 11.6 Å². The van der Waals surface area contributed by atoms with E-state index in [0.717, 1.165) is 5.56 Å². The van der Waals surface area contributed by atoms with E-state index in [-0.39, 0.29) is 18.0 Å². The summed E-state index contributed by atoms with van der Waals surface area (Å²) in [5.41, 5.74) is 0.508. The van der Waals surface area contributed by atoms with Gasteiger partial charge in [-0.1, -0.05) is 30.3 Å². The summed E-state index contributed by atoms with van der Waals surface area (Å²) in [5, 5.41) is 9.73. The average Bonchev–Trinajstić information content (AvgIpc) is 3.04. The summed E-state index contributed by atoms with van der Waals surface area (Å²) in [6.45, 7) is 7.85. The third kappa shape index (κ3) is 6.82. The predicted molar refractivity (Wildman–Crippen MR) is 111 cm³/mol. The van der Waals surface area contributed by atoms with Gasteiger partial charge >= 0.3 is 11.9 Å². The lowest BCUT2D eigenvalue weighted by Gasteiger charge is -2.34. The van der Waals surface area contributed by atoms with Crippen LogP contribution in [0.2, 0.25) is 0 Å². The summed E-state index contributed by atoms with van der Waals surface area (Å²) in [6, 6.07) is 9.38. The third-order valence-corrected chi connectivity index (χ3v) is 5.31. The zero-order valence-electron chi connectivity index (χ0n) is 18.3. The van der Waals surface area contributed by atoms with Gasteiger partial charge in [-0.15, -0.1) is 0 Å². The monoisotopic (exact) mass is 405 g/mol. The highest BCUT2D eigenvalue weighted by Crippen LogP contribution is 2.35. The summed E-state index contributed by atoms with van der Waals surface area (Å²) in [4.78, 5) is 27.6. The number of carbonyl (C=O) groups excluding carboxylic acids is 2. The number of methoxy groups -OCH3 is 1. The van der Waals surface area contributed by atoms with Crippen molar-refractivity contribution in [1.29, 1.82) is 0 Å². The highest BCUT2D eigenvalue weighted by Gasteiger charge is 2.45. The fourth-order valence-corrected chi connectivity index (χ4v) is 4.01. The molecule has 0 bridgehead atoms. The molecule has 1 aromatic carbocycles. The van der Waals surface area contributed by atoms with E-state index in [2.05, 4.69) is 4.90 Å². The normalized spacial score (nSPS) is 22.1. The molecule has 1 aliphatic rings. The molecule has 4 atom stereocenters. The summed E-state index contributed by atoms with van der Waals surface area (Å²) in [5.74, 6) is -0.945. The summed E-state index contributed by atoms with van der Waals surface area (Å²) in [6.07, 6.45) is 1.87. The van der Waals surface area contributed by atoms with E-state index >= 15 is 0 Å². The quantitative estimate of drug-likeness (QED) is 0.669. The van der Waals surface area contributed by atoms with Crippen LogP contribution in [0, 0.1) is 5.92 Å². The second kappa shape index (κ2) is 10.2. The first-order valence-electron chi connectivity index (χ1n) is 10.4. The van der Waals surface area contributed by atoms with Gasteiger partial charge in [-0.2, -0.15) is 0 Å². The number of likely N-dealkylation sites (tertiary alicyclic amines) is 1. The number of aliphatic hydroxyl groups excluding tert-OH is 1. The van der Waals surface area contributed by atoms with Crippen molar-refractivity contribution in [2.75, 3.05) is 7.11 Å². The van der Waals surface area contributed by atoms with E-state index in [1.54, 1.807) is 6.92 Å². The molecular formula is C23H35NO5. The lowest BCUT2D eigenvalue weighted by molar-refractivity contribution is -0.162. The second-order valence-corrected chi connectivity index (χ2v) is 8.91. The molecule has 0 amide bonds. The molecule has 0 saturated carbocycles. The molecule has 1 N–H and O–H groups in total. The van der Waals surface area contributed by atoms with Crippen LogP contribution in [0.1, 0.15) is 58.9 Å². The van der Waals surface area contributed by atoms with Crippen LogP contribution in [-0.2, 0) is 25.6 Å². The largest absolute Gasteiger partial charge is 0.469 e. The molecule has 1 aromatic rings. The van der Waals surface area contributed by atoms with Crippen molar-refractivity contribution in [2.24, 2.45) is 5.92 Å². The Morgan fingerprint density at radius 2 is 1.83 bits per heavy atom. The van der Waals surface area contributed by atoms with Crippen molar-refractivity contribution >= 4 is 11.9 Å². The van der Waals surface area contributed by atoms with Crippen LogP contribution in [0.25, 0.3) is 0 Å². The molecule has 0 radical (unpaired) electrons. The van der Waals surface area contributed by atoms with Crippen LogP contribution in [0.4, 0.5) is 0 Å². The van der Waals surface area contributed by atoms with Crippen molar-refractivity contribution in [3.8, 4) is 0 Å². The van der Waals surface area contributed by atoms with E-state index in [1.807, 2.05) is 51.1 Å². The van der Waals surface area contributed by atoms with Crippen molar-refractivity contribution in [1.82, 2.24) is 4.90 Å². The molecule has 0 aliphatic carbocycles. The first-order valence-corrected chi connectivity index (χ1v) is 10.4. The zero-order chi connectivity index (χ0) is 21.6. The van der Waals surface area contributed by atoms with Gasteiger partial charge in [0.15, 0.2) is 0 Å². The van der Waals surface area contributed by atoms with Crippen LogP contribution in [0.5, 0.6) is 0 Å². The molecule has 6 heteroatoms. The van der Waals surface area contributed by atoms with Crippen molar-refractivity contribution in [2.45, 2.75) is 83.7 Å². The van der Waals surface area contributed by atoms with Gasteiger partial charge in [-0.05, 0) is 58.9 Å². The summed E-state index contributed by atoms with van der Waals surface area (Å²) >= 11 is 0. The number of esters is 2. The first kappa shape index (κ1) is 23.4. The molecular weight excluding hydrogens is 370 g/mol. The number of ether oxygens (including phenoxy) is 2. The van der Waals surface area contributed by atoms with Crippen molar-refractivity contribution in [3.63, 3.8) is 0 Å². The Hall–Kier alpha value is -1.92. The second-order valence-electron chi connectivity index (χ2n) is 8.91. The van der Waals surface area contributed by atoms with Gasteiger partial charge in [-0.25, -0.2) is 0 Å². The molecule has 2 unspecified atom stereocenters. The molecule has 1 saturated heterocycles. The van der Waals surface area contributed by atoms with Crippen LogP contribution < -0.4 is 0 Å². The molecule has 162 valence electrons. The van der Waals surface area contributed by atoms with E-state index in [0.29, 0.717) is 32.2 Å². The SMILES string of the molecule is COC(=O)C(CCC(C)O)[C@H]1CC[C@@H](C(=O)OC(C)(C)C)N1Cc1ccccc1. The molecule has 29 heavy (non-hydrogen) atoms. The van der Waals surface area contributed by atoms with E-state index in [4.69, 9.17) is 9.47 Å². The fraction of sp³-hybridized carbons (Fsp3) is 0.652. The minimum absolute atomic E-state index is 0.140. The van der Waals surface area contributed by atoms with E-state index in [1.165, 1.54) is 7.11 Å². The summed E-state index contributed by atoms with van der Waals surface area (Å²) in [7, 11) is 1.39. The number of rotatable bonds is 8. The molecule has 1 aliphatic heterocycles. The highest BCUT2D eigenvalue weighted by atomic mass is 16.6. The standard InChI is InChI=1S/C23H35NO5/c1-16(25)11-12-18(21(26)28-5)19-13-14-20(22(27)29-23(2,3)4)24(19)15-17-9-7-6-8-10-17/h6-10,16,18-20,25H,11-15H2,1-5H3/t16?,18?,19-,20+/m1/s1. The van der Waals surface area contributed by atoms with E-state index < -0.39 is 23.7 Å². The molecule has 1 heterocycles. The number of hydrogen-bond acceptors (Lipinski definition) is 6. The average molecular weight is 406 g/mol. The lowest BCUT2D eigenvalue weighted by atomic mass is 9.91. The number of benzene rings is 1. The minimum Gasteiger partial charge on any atom is -0.469 e. The smallest absolute Gasteiger partial charge is 0.323 e. The maximum absolute atomic E-state index is 12.9. The minimum atomic E-state index is -0.568. The van der Waals surface area contributed by atoms with Gasteiger partial charge in [0, 0.05) is 12.6 Å². The van der Waals surface area contributed by atoms with Gasteiger partial charge < -0.3 is 14.6 Å². The third-order valence-electron chi connectivity index (χ3n) is 5.31. The van der Waals surface area contributed by atoms with Crippen LogP contribution >= 0.6 is 0 Å². The Morgan fingerprint density at radius 1 is 1.17 bits per heavy atom. The molecule has 1 fully saturated rings. The van der Waals surface area contributed by atoms with Crippen LogP contribution in [-0.4, -0.2) is 52.8 Å². The maximum atomic E-state index is 12.9. The Balaban J connectivity index is 2.29. The Labute approximate surface area is 174 Å². The van der Waals surface area contributed by atoms with Gasteiger partial charge in [0.2, 0.25) is 0 Å². The number of carbonyl (C=O) groups is 2. The predicted octanol–water partition coefficient (Wildman–Crippen LogP) is 3.31. The van der Waals surface area contributed by atoms with Crippen LogP contribution in [0.3, 0.4) is 0 Å². The lowest BCUT2D eigenvalue weighted by Crippen LogP contribution is -2.47. The first-order chi connectivity index (χ1) is 13.6. The Bertz CT molecular complexity index is 668. The number of nitrogens with zero attached hydrogens (tertiary/aromatic N) is 1.